The summed E-state index contributed by atoms with van der Waals surface area (Å²) in [7, 11) is 0. The van der Waals surface area contributed by atoms with E-state index < -0.39 is 11.3 Å². The molecule has 1 saturated carbocycles. The molecule has 7 heteroatoms. The Kier molecular flexibility index (Phi) is 5.22. The van der Waals surface area contributed by atoms with E-state index in [1.165, 1.54) is 12.1 Å². The van der Waals surface area contributed by atoms with Gasteiger partial charge in [-0.2, -0.15) is 5.10 Å². The Morgan fingerprint density at radius 1 is 0.848 bits per heavy atom. The number of hydrogen-bond acceptors (Lipinski definition) is 3. The number of carbonyl (C=O) groups excluding carboxylic acids is 2. The lowest BCUT2D eigenvalue weighted by Gasteiger charge is -2.16. The van der Waals surface area contributed by atoms with E-state index in [0.717, 1.165) is 16.8 Å². The van der Waals surface area contributed by atoms with Crippen molar-refractivity contribution in [1.29, 1.82) is 0 Å². The van der Waals surface area contributed by atoms with Crippen molar-refractivity contribution in [1.82, 2.24) is 20.6 Å². The lowest BCUT2D eigenvalue weighted by Crippen LogP contribution is -2.46. The van der Waals surface area contributed by atoms with Crippen LogP contribution >= 0.6 is 0 Å². The number of para-hydroxylation sites is 1. The maximum Gasteiger partial charge on any atom is 0.273 e. The number of carbonyl (C=O) groups is 2. The molecule has 2 amide bonds. The van der Waals surface area contributed by atoms with E-state index in [4.69, 9.17) is 0 Å². The fraction of sp³-hybridized carbons (Fsp3) is 0.115. The summed E-state index contributed by atoms with van der Waals surface area (Å²) < 4.78 is 14.9. The van der Waals surface area contributed by atoms with E-state index in [0.29, 0.717) is 24.1 Å². The Hall–Kier alpha value is -4.26. The van der Waals surface area contributed by atoms with E-state index in [1.807, 2.05) is 60.7 Å². The number of amides is 2. The number of hydrogen-bond donors (Lipinski definition) is 2. The smallest absolute Gasteiger partial charge is 0.272 e. The van der Waals surface area contributed by atoms with Gasteiger partial charge in [0.05, 0.1) is 16.7 Å². The molecule has 6 nitrogen and oxygen atoms in total. The first kappa shape index (κ1) is 20.6. The van der Waals surface area contributed by atoms with Crippen molar-refractivity contribution in [3.63, 3.8) is 0 Å². The summed E-state index contributed by atoms with van der Waals surface area (Å²) in [5, 5.41) is 4.62. The molecule has 1 fully saturated rings. The first-order valence-corrected chi connectivity index (χ1v) is 10.6. The molecule has 0 saturated heterocycles. The summed E-state index contributed by atoms with van der Waals surface area (Å²) >= 11 is 0. The molecule has 164 valence electrons. The molecule has 33 heavy (non-hydrogen) atoms. The Morgan fingerprint density at radius 3 is 2.12 bits per heavy atom. The molecular weight excluding hydrogens is 419 g/mol. The van der Waals surface area contributed by atoms with Gasteiger partial charge >= 0.3 is 0 Å². The molecule has 1 aliphatic carbocycles. The van der Waals surface area contributed by atoms with Crippen LogP contribution in [0, 0.1) is 5.82 Å². The maximum atomic E-state index is 13.3. The quantitative estimate of drug-likeness (QED) is 0.458. The predicted octanol–water partition coefficient (Wildman–Crippen LogP) is 4.17. The van der Waals surface area contributed by atoms with Crippen LogP contribution in [0.2, 0.25) is 0 Å². The summed E-state index contributed by atoms with van der Waals surface area (Å²) in [6, 6.07) is 24.8. The highest BCUT2D eigenvalue weighted by atomic mass is 19.1. The molecule has 4 aromatic rings. The summed E-state index contributed by atoms with van der Waals surface area (Å²) in [4.78, 5) is 26.0. The normalized spacial score (nSPS) is 13.8. The monoisotopic (exact) mass is 440 g/mol. The van der Waals surface area contributed by atoms with Gasteiger partial charge in [-0.25, -0.2) is 9.07 Å². The molecule has 0 atom stereocenters. The molecular formula is C26H21FN4O2. The van der Waals surface area contributed by atoms with Crippen molar-refractivity contribution >= 4 is 11.8 Å². The van der Waals surface area contributed by atoms with Gasteiger partial charge in [-0.1, -0.05) is 60.7 Å². The molecule has 0 radical (unpaired) electrons. The van der Waals surface area contributed by atoms with Crippen LogP contribution in [0.5, 0.6) is 0 Å². The minimum Gasteiger partial charge on any atom is -0.272 e. The number of benzene rings is 3. The lowest BCUT2D eigenvalue weighted by molar-refractivity contribution is -0.124. The Labute approximate surface area is 190 Å². The third kappa shape index (κ3) is 4.01. The van der Waals surface area contributed by atoms with Gasteiger partial charge in [-0.15, -0.1) is 0 Å². The Morgan fingerprint density at radius 2 is 1.48 bits per heavy atom. The Bertz CT molecular complexity index is 1300. The van der Waals surface area contributed by atoms with Crippen LogP contribution in [0.1, 0.15) is 28.8 Å². The van der Waals surface area contributed by atoms with Crippen LogP contribution < -0.4 is 10.9 Å². The van der Waals surface area contributed by atoms with Crippen molar-refractivity contribution in [2.24, 2.45) is 0 Å². The number of aromatic nitrogens is 2. The maximum absolute atomic E-state index is 13.3. The van der Waals surface area contributed by atoms with Crippen LogP contribution in [-0.2, 0) is 10.2 Å². The molecule has 1 heterocycles. The zero-order valence-electron chi connectivity index (χ0n) is 17.7. The largest absolute Gasteiger partial charge is 0.273 e. The van der Waals surface area contributed by atoms with Crippen LogP contribution in [0.4, 0.5) is 4.39 Å². The van der Waals surface area contributed by atoms with Gasteiger partial charge in [-0.05, 0) is 42.7 Å². The number of nitrogens with zero attached hydrogens (tertiary/aromatic N) is 2. The summed E-state index contributed by atoms with van der Waals surface area (Å²) in [5.74, 6) is -1.15. The van der Waals surface area contributed by atoms with Gasteiger partial charge in [0, 0.05) is 11.8 Å². The lowest BCUT2D eigenvalue weighted by atomic mass is 9.95. The van der Waals surface area contributed by atoms with Crippen molar-refractivity contribution < 1.29 is 14.0 Å². The molecule has 0 bridgehead atoms. The summed E-state index contributed by atoms with van der Waals surface area (Å²) in [6.45, 7) is 0. The third-order valence-electron chi connectivity index (χ3n) is 5.90. The Balaban J connectivity index is 1.38. The molecule has 0 unspecified atom stereocenters. The van der Waals surface area contributed by atoms with Crippen LogP contribution in [0.3, 0.4) is 0 Å². The van der Waals surface area contributed by atoms with Gasteiger partial charge in [0.1, 0.15) is 11.5 Å². The van der Waals surface area contributed by atoms with Crippen LogP contribution in [0.25, 0.3) is 16.9 Å². The van der Waals surface area contributed by atoms with Crippen LogP contribution in [0.15, 0.2) is 91.1 Å². The summed E-state index contributed by atoms with van der Waals surface area (Å²) in [5.41, 5.74) is 7.52. The number of halogens is 1. The molecule has 0 spiro atoms. The average molecular weight is 440 g/mol. The topological polar surface area (TPSA) is 76.0 Å². The molecule has 0 aliphatic heterocycles. The zero-order valence-corrected chi connectivity index (χ0v) is 17.7. The van der Waals surface area contributed by atoms with Gasteiger partial charge in [0.2, 0.25) is 5.91 Å². The number of hydrazine groups is 1. The first-order valence-electron chi connectivity index (χ1n) is 10.6. The standard InChI is InChI=1S/C26H21FN4O2/c27-20-13-11-19(12-14-20)26(15-16-26)25(33)29-28-24(32)22-17-31(21-9-5-2-6-10-21)30-23(22)18-7-3-1-4-8-18/h1-14,17H,15-16H2,(H,28,32)(H,29,33). The SMILES string of the molecule is O=C(NNC(=O)C1(c2ccc(F)cc2)CC1)c1cn(-c2ccccc2)nc1-c1ccccc1. The number of rotatable bonds is 5. The van der Waals surface area contributed by atoms with Gasteiger partial charge in [-0.3, -0.25) is 20.4 Å². The predicted molar refractivity (Wildman–Crippen MR) is 122 cm³/mol. The highest BCUT2D eigenvalue weighted by molar-refractivity contribution is 6.01. The zero-order chi connectivity index (χ0) is 22.8. The van der Waals surface area contributed by atoms with Crippen molar-refractivity contribution in [2.75, 3.05) is 0 Å². The fourth-order valence-corrected chi connectivity index (χ4v) is 3.90. The van der Waals surface area contributed by atoms with Gasteiger partial charge in [0.25, 0.3) is 5.91 Å². The molecule has 1 aromatic heterocycles. The van der Waals surface area contributed by atoms with Crippen molar-refractivity contribution in [3.05, 3.63) is 108 Å². The van der Waals surface area contributed by atoms with Crippen LogP contribution in [-0.4, -0.2) is 21.6 Å². The first-order chi connectivity index (χ1) is 16.1. The molecule has 5 rings (SSSR count). The van der Waals surface area contributed by atoms with E-state index in [1.54, 1.807) is 23.0 Å². The second kappa shape index (κ2) is 8.35. The van der Waals surface area contributed by atoms with E-state index in [2.05, 4.69) is 16.0 Å². The minimum absolute atomic E-state index is 0.320. The van der Waals surface area contributed by atoms with E-state index in [9.17, 15) is 14.0 Å². The van der Waals surface area contributed by atoms with Crippen molar-refractivity contribution in [3.8, 4) is 16.9 Å². The fourth-order valence-electron chi connectivity index (χ4n) is 3.90. The summed E-state index contributed by atoms with van der Waals surface area (Å²) in [6.07, 6.45) is 2.93. The molecule has 3 aromatic carbocycles. The second-order valence-corrected chi connectivity index (χ2v) is 8.03. The molecule has 2 N–H and O–H groups in total. The third-order valence-corrected chi connectivity index (χ3v) is 5.90. The highest BCUT2D eigenvalue weighted by Gasteiger charge is 2.51. The molecule has 1 aliphatic rings. The second-order valence-electron chi connectivity index (χ2n) is 8.03. The highest BCUT2D eigenvalue weighted by Crippen LogP contribution is 2.48. The number of nitrogens with one attached hydrogen (secondary N) is 2. The van der Waals surface area contributed by atoms with Crippen molar-refractivity contribution in [2.45, 2.75) is 18.3 Å². The van der Waals surface area contributed by atoms with E-state index in [-0.39, 0.29) is 11.7 Å². The van der Waals surface area contributed by atoms with Gasteiger partial charge < -0.3 is 0 Å². The van der Waals surface area contributed by atoms with E-state index >= 15 is 0 Å². The minimum atomic E-state index is -0.739. The average Bonchev–Trinajstić information content (AvgIpc) is 3.55. The van der Waals surface area contributed by atoms with Gasteiger partial charge in [0.15, 0.2) is 0 Å².